The Balaban J connectivity index is 2.34. The molecule has 0 radical (unpaired) electrons. The molecule has 0 amide bonds. The number of nitrogens with zero attached hydrogens (tertiary/aromatic N) is 1. The molecule has 0 aliphatic rings. The Labute approximate surface area is 138 Å². The number of aliphatic hydroxyl groups is 1. The quantitative estimate of drug-likeness (QED) is 0.427. The van der Waals surface area contributed by atoms with E-state index in [0.29, 0.717) is 11.1 Å². The second kappa shape index (κ2) is 6.27. The highest BCUT2D eigenvalue weighted by Gasteiger charge is 2.18. The molecule has 116 valence electrons. The summed E-state index contributed by atoms with van der Waals surface area (Å²) in [7, 11) is 0. The van der Waals surface area contributed by atoms with E-state index in [4.69, 9.17) is 5.11 Å². The Morgan fingerprint density at radius 2 is 1.46 bits per heavy atom. The molecule has 4 nitrogen and oxygen atoms in total. The maximum atomic E-state index is 11.1. The summed E-state index contributed by atoms with van der Waals surface area (Å²) in [4.78, 5) is 11.1. The van der Waals surface area contributed by atoms with Gasteiger partial charge >= 0.3 is 5.97 Å². The molecule has 4 heteroatoms. The molecule has 24 heavy (non-hydrogen) atoms. The van der Waals surface area contributed by atoms with Crippen LogP contribution in [0.25, 0.3) is 27.5 Å². The van der Waals surface area contributed by atoms with E-state index in [0.717, 1.165) is 16.3 Å². The van der Waals surface area contributed by atoms with Crippen LogP contribution < -0.4 is 0 Å². The molecule has 0 saturated carbocycles. The highest BCUT2D eigenvalue weighted by atomic mass is 16.4. The number of carboxylic acid groups (broad SMARTS) is 1. The summed E-state index contributed by atoms with van der Waals surface area (Å²) in [6, 6.07) is 22.4. The average molecular weight is 315 g/mol. The highest BCUT2D eigenvalue weighted by Crippen LogP contribution is 2.34. The minimum Gasteiger partial charge on any atom is -0.501 e. The fourth-order valence-corrected chi connectivity index (χ4v) is 2.74. The number of benzene rings is 3. The third kappa shape index (κ3) is 2.59. The predicted molar refractivity (Wildman–Crippen MR) is 92.2 cm³/mol. The van der Waals surface area contributed by atoms with E-state index in [1.807, 2.05) is 54.6 Å². The molecular weight excluding hydrogens is 302 g/mol. The molecule has 0 fully saturated rings. The van der Waals surface area contributed by atoms with Crippen molar-refractivity contribution < 1.29 is 15.0 Å². The minimum atomic E-state index is -1.53. The first-order valence-corrected chi connectivity index (χ1v) is 7.27. The molecular formula is C20H13NO3. The first-order chi connectivity index (χ1) is 11.6. The Morgan fingerprint density at radius 1 is 0.833 bits per heavy atom. The van der Waals surface area contributed by atoms with Crippen molar-refractivity contribution >= 4 is 22.3 Å². The number of fused-ring (bicyclic) bond motifs is 1. The van der Waals surface area contributed by atoms with Gasteiger partial charge in [-0.25, -0.2) is 4.79 Å². The van der Waals surface area contributed by atoms with Gasteiger partial charge in [-0.2, -0.15) is 5.26 Å². The van der Waals surface area contributed by atoms with Crippen molar-refractivity contribution in [3.63, 3.8) is 0 Å². The molecule has 0 atom stereocenters. The third-order valence-electron chi connectivity index (χ3n) is 3.83. The number of aliphatic hydroxyl groups excluding tert-OH is 1. The number of hydrogen-bond acceptors (Lipinski definition) is 3. The number of nitriles is 1. The van der Waals surface area contributed by atoms with Crippen molar-refractivity contribution in [1.82, 2.24) is 0 Å². The molecule has 0 spiro atoms. The van der Waals surface area contributed by atoms with Crippen LogP contribution in [0.2, 0.25) is 0 Å². The number of carboxylic acids is 1. The van der Waals surface area contributed by atoms with Crippen LogP contribution in [0, 0.1) is 11.3 Å². The first kappa shape index (κ1) is 15.3. The molecule has 0 heterocycles. The molecule has 0 unspecified atom stereocenters. The minimum absolute atomic E-state index is 0.258. The highest BCUT2D eigenvalue weighted by molar-refractivity contribution is 6.04. The second-order valence-electron chi connectivity index (χ2n) is 5.21. The topological polar surface area (TPSA) is 81.3 Å². The summed E-state index contributed by atoms with van der Waals surface area (Å²) >= 11 is 0. The van der Waals surface area contributed by atoms with Gasteiger partial charge in [0.2, 0.25) is 5.76 Å². The van der Waals surface area contributed by atoms with E-state index in [1.165, 1.54) is 0 Å². The Kier molecular flexibility index (Phi) is 4.00. The Hall–Kier alpha value is -3.58. The van der Waals surface area contributed by atoms with Gasteiger partial charge < -0.3 is 10.2 Å². The number of hydrogen-bond donors (Lipinski definition) is 2. The molecule has 3 aromatic rings. The van der Waals surface area contributed by atoms with Crippen molar-refractivity contribution in [2.75, 3.05) is 0 Å². The van der Waals surface area contributed by atoms with Crippen LogP contribution in [-0.2, 0) is 4.79 Å². The van der Waals surface area contributed by atoms with Gasteiger partial charge in [-0.3, -0.25) is 0 Å². The summed E-state index contributed by atoms with van der Waals surface area (Å²) in [6.45, 7) is 0. The van der Waals surface area contributed by atoms with Crippen LogP contribution in [0.15, 0.2) is 72.5 Å². The van der Waals surface area contributed by atoms with E-state index >= 15 is 0 Å². The van der Waals surface area contributed by atoms with Gasteiger partial charge in [-0.1, -0.05) is 66.7 Å². The number of rotatable bonds is 3. The van der Waals surface area contributed by atoms with Crippen LogP contribution in [-0.4, -0.2) is 16.2 Å². The average Bonchev–Trinajstić information content (AvgIpc) is 2.62. The molecule has 0 aliphatic carbocycles. The van der Waals surface area contributed by atoms with Crippen LogP contribution in [0.3, 0.4) is 0 Å². The molecule has 0 aromatic heterocycles. The van der Waals surface area contributed by atoms with E-state index in [1.54, 1.807) is 18.2 Å². The monoisotopic (exact) mass is 315 g/mol. The Morgan fingerprint density at radius 3 is 2.21 bits per heavy atom. The van der Waals surface area contributed by atoms with Crippen LogP contribution in [0.5, 0.6) is 0 Å². The summed E-state index contributed by atoms with van der Waals surface area (Å²) in [6.07, 6.45) is 0. The molecule has 3 aromatic carbocycles. The summed E-state index contributed by atoms with van der Waals surface area (Å²) in [5.74, 6) is -2.48. The Bertz CT molecular complexity index is 1010. The lowest BCUT2D eigenvalue weighted by atomic mass is 9.91. The van der Waals surface area contributed by atoms with E-state index in [2.05, 4.69) is 0 Å². The van der Waals surface area contributed by atoms with Gasteiger partial charge in [0.1, 0.15) is 11.6 Å². The van der Waals surface area contributed by atoms with Crippen molar-refractivity contribution in [3.8, 4) is 17.2 Å². The SMILES string of the molecule is N#C/C(=C(/O)C(=O)O)c1ccccc1-c1cccc2ccccc12. The lowest BCUT2D eigenvalue weighted by Gasteiger charge is -2.12. The number of allylic oxidation sites excluding steroid dienone is 1. The van der Waals surface area contributed by atoms with E-state index in [-0.39, 0.29) is 5.57 Å². The summed E-state index contributed by atoms with van der Waals surface area (Å²) in [5.41, 5.74) is 1.69. The van der Waals surface area contributed by atoms with Gasteiger partial charge in [-0.05, 0) is 21.9 Å². The predicted octanol–water partition coefficient (Wildman–Crippen LogP) is 4.38. The van der Waals surface area contributed by atoms with Crippen molar-refractivity contribution in [3.05, 3.63) is 78.1 Å². The summed E-state index contributed by atoms with van der Waals surface area (Å²) in [5, 5.41) is 30.2. The molecule has 0 bridgehead atoms. The molecule has 0 aliphatic heterocycles. The third-order valence-corrected chi connectivity index (χ3v) is 3.83. The van der Waals surface area contributed by atoms with Crippen molar-refractivity contribution in [2.24, 2.45) is 0 Å². The smallest absolute Gasteiger partial charge is 0.372 e. The lowest BCUT2D eigenvalue weighted by molar-refractivity contribution is -0.135. The van der Waals surface area contributed by atoms with Gasteiger partial charge in [0.25, 0.3) is 0 Å². The normalized spacial score (nSPS) is 11.6. The second-order valence-corrected chi connectivity index (χ2v) is 5.21. The largest absolute Gasteiger partial charge is 0.501 e. The van der Waals surface area contributed by atoms with Crippen LogP contribution in [0.1, 0.15) is 5.56 Å². The first-order valence-electron chi connectivity index (χ1n) is 7.27. The fourth-order valence-electron chi connectivity index (χ4n) is 2.74. The fraction of sp³-hybridized carbons (Fsp3) is 0. The number of carbonyl (C=O) groups is 1. The lowest BCUT2D eigenvalue weighted by Crippen LogP contribution is -2.03. The zero-order valence-electron chi connectivity index (χ0n) is 12.6. The zero-order valence-corrected chi connectivity index (χ0v) is 12.6. The van der Waals surface area contributed by atoms with Crippen LogP contribution >= 0.6 is 0 Å². The molecule has 0 saturated heterocycles. The molecule has 3 rings (SSSR count). The standard InChI is InChI=1S/C20H13NO3/c21-12-18(19(22)20(23)24)17-10-4-3-9-16(17)15-11-5-7-13-6-1-2-8-14(13)15/h1-11,22H,(H,23,24)/b19-18-. The molecule has 2 N–H and O–H groups in total. The van der Waals surface area contributed by atoms with Crippen LogP contribution in [0.4, 0.5) is 0 Å². The van der Waals surface area contributed by atoms with Gasteiger partial charge in [0.15, 0.2) is 0 Å². The zero-order chi connectivity index (χ0) is 17.1. The van der Waals surface area contributed by atoms with Crippen molar-refractivity contribution in [1.29, 1.82) is 5.26 Å². The van der Waals surface area contributed by atoms with E-state index < -0.39 is 11.7 Å². The van der Waals surface area contributed by atoms with Crippen molar-refractivity contribution in [2.45, 2.75) is 0 Å². The summed E-state index contributed by atoms with van der Waals surface area (Å²) < 4.78 is 0. The maximum Gasteiger partial charge on any atom is 0.372 e. The van der Waals surface area contributed by atoms with Gasteiger partial charge in [0.05, 0.1) is 0 Å². The van der Waals surface area contributed by atoms with Gasteiger partial charge in [-0.15, -0.1) is 0 Å². The van der Waals surface area contributed by atoms with Gasteiger partial charge in [0, 0.05) is 5.56 Å². The van der Waals surface area contributed by atoms with E-state index in [9.17, 15) is 15.2 Å². The number of aliphatic carboxylic acids is 1. The maximum absolute atomic E-state index is 11.1.